The van der Waals surface area contributed by atoms with Gasteiger partial charge in [-0.3, -0.25) is 4.79 Å². The van der Waals surface area contributed by atoms with Crippen molar-refractivity contribution >= 4 is 29.1 Å². The highest BCUT2D eigenvalue weighted by molar-refractivity contribution is 6.37. The Morgan fingerprint density at radius 2 is 1.90 bits per heavy atom. The third-order valence-corrected chi connectivity index (χ3v) is 4.38. The number of carbonyl (C=O) groups excluding carboxylic acids is 1. The monoisotopic (exact) mass is 315 g/mol. The average Bonchev–Trinajstić information content (AvgIpc) is 2.48. The van der Waals surface area contributed by atoms with E-state index < -0.39 is 0 Å². The number of ether oxygens (including phenoxy) is 1. The van der Waals surface area contributed by atoms with Crippen LogP contribution in [-0.4, -0.2) is 19.6 Å². The molecule has 0 unspecified atom stereocenters. The molecule has 3 nitrogen and oxygen atoms in total. The van der Waals surface area contributed by atoms with E-state index in [0.717, 1.165) is 0 Å². The van der Waals surface area contributed by atoms with Gasteiger partial charge in [0.2, 0.25) is 0 Å². The zero-order valence-electron chi connectivity index (χ0n) is 11.5. The fraction of sp³-hybridized carbons (Fsp3) is 0.533. The summed E-state index contributed by atoms with van der Waals surface area (Å²) in [7, 11) is 1.48. The van der Waals surface area contributed by atoms with Gasteiger partial charge < -0.3 is 10.1 Å². The molecule has 0 saturated heterocycles. The quantitative estimate of drug-likeness (QED) is 0.899. The standard InChI is InChI=1S/C15H19Cl2NO2/c1-20-14-12(17)8-7-11(16)13(14)15(19)18-9-10-5-3-2-4-6-10/h7-8,10H,2-6,9H2,1H3,(H,18,19). The van der Waals surface area contributed by atoms with Crippen molar-refractivity contribution < 1.29 is 9.53 Å². The molecule has 1 aromatic carbocycles. The first-order chi connectivity index (χ1) is 9.63. The number of nitrogens with one attached hydrogen (secondary N) is 1. The lowest BCUT2D eigenvalue weighted by molar-refractivity contribution is 0.0940. The summed E-state index contributed by atoms with van der Waals surface area (Å²) < 4.78 is 5.19. The van der Waals surface area contributed by atoms with Crippen molar-refractivity contribution in [3.05, 3.63) is 27.7 Å². The Kier molecular flexibility index (Phi) is 5.55. The van der Waals surface area contributed by atoms with Gasteiger partial charge in [0.15, 0.2) is 5.75 Å². The Hall–Kier alpha value is -0.930. The molecule has 1 saturated carbocycles. The van der Waals surface area contributed by atoms with E-state index in [0.29, 0.717) is 33.8 Å². The number of halogens is 2. The highest BCUT2D eigenvalue weighted by Crippen LogP contribution is 2.33. The van der Waals surface area contributed by atoms with Crippen molar-refractivity contribution in [2.45, 2.75) is 32.1 Å². The van der Waals surface area contributed by atoms with Crippen LogP contribution in [0.25, 0.3) is 0 Å². The van der Waals surface area contributed by atoms with Crippen LogP contribution < -0.4 is 10.1 Å². The minimum Gasteiger partial charge on any atom is -0.494 e. The molecule has 1 N–H and O–H groups in total. The molecule has 20 heavy (non-hydrogen) atoms. The lowest BCUT2D eigenvalue weighted by Gasteiger charge is -2.22. The SMILES string of the molecule is COc1c(Cl)ccc(Cl)c1C(=O)NCC1CCCCC1. The van der Waals surface area contributed by atoms with Gasteiger partial charge in [0.05, 0.1) is 17.2 Å². The van der Waals surface area contributed by atoms with Crippen molar-refractivity contribution in [1.29, 1.82) is 0 Å². The molecule has 0 aromatic heterocycles. The largest absolute Gasteiger partial charge is 0.494 e. The van der Waals surface area contributed by atoms with Gasteiger partial charge in [0.1, 0.15) is 5.56 Å². The molecule has 0 radical (unpaired) electrons. The molecule has 5 heteroatoms. The molecular formula is C15H19Cl2NO2. The summed E-state index contributed by atoms with van der Waals surface area (Å²) in [4.78, 5) is 12.3. The van der Waals surface area contributed by atoms with Crippen LogP contribution in [0.4, 0.5) is 0 Å². The number of rotatable bonds is 4. The van der Waals surface area contributed by atoms with E-state index in [2.05, 4.69) is 5.32 Å². The van der Waals surface area contributed by atoms with E-state index in [9.17, 15) is 4.79 Å². The molecule has 110 valence electrons. The Labute approximate surface area is 129 Å². The molecule has 1 fully saturated rings. The molecule has 0 spiro atoms. The molecule has 0 atom stereocenters. The lowest BCUT2D eigenvalue weighted by atomic mass is 9.89. The topological polar surface area (TPSA) is 38.3 Å². The number of carbonyl (C=O) groups is 1. The van der Waals surface area contributed by atoms with Gasteiger partial charge in [0.25, 0.3) is 5.91 Å². The maximum atomic E-state index is 12.3. The van der Waals surface area contributed by atoms with Crippen LogP contribution in [0.2, 0.25) is 10.0 Å². The van der Waals surface area contributed by atoms with Gasteiger partial charge in [-0.25, -0.2) is 0 Å². The third-order valence-electron chi connectivity index (χ3n) is 3.77. The summed E-state index contributed by atoms with van der Waals surface area (Å²) in [5, 5.41) is 3.69. The number of hydrogen-bond donors (Lipinski definition) is 1. The Bertz CT molecular complexity index is 485. The molecular weight excluding hydrogens is 297 g/mol. The second-order valence-corrected chi connectivity index (χ2v) is 5.97. The van der Waals surface area contributed by atoms with E-state index in [-0.39, 0.29) is 5.91 Å². The summed E-state index contributed by atoms with van der Waals surface area (Å²) in [5.41, 5.74) is 0.317. The maximum absolute atomic E-state index is 12.3. The van der Waals surface area contributed by atoms with E-state index in [1.807, 2.05) is 0 Å². The van der Waals surface area contributed by atoms with Crippen molar-refractivity contribution in [3.8, 4) is 5.75 Å². The van der Waals surface area contributed by atoms with Gasteiger partial charge in [-0.15, -0.1) is 0 Å². The highest BCUT2D eigenvalue weighted by atomic mass is 35.5. The van der Waals surface area contributed by atoms with Crippen LogP contribution in [0.15, 0.2) is 12.1 Å². The molecule has 0 heterocycles. The normalized spacial score (nSPS) is 15.9. The Balaban J connectivity index is 2.06. The van der Waals surface area contributed by atoms with Gasteiger partial charge >= 0.3 is 0 Å². The molecule has 2 rings (SSSR count). The number of hydrogen-bond acceptors (Lipinski definition) is 2. The number of benzene rings is 1. The highest BCUT2D eigenvalue weighted by Gasteiger charge is 2.21. The predicted molar refractivity (Wildman–Crippen MR) is 81.9 cm³/mol. The first-order valence-corrected chi connectivity index (χ1v) is 7.69. The minimum absolute atomic E-state index is 0.222. The van der Waals surface area contributed by atoms with Gasteiger partial charge in [0, 0.05) is 6.54 Å². The summed E-state index contributed by atoms with van der Waals surface area (Å²) in [5.74, 6) is 0.678. The van der Waals surface area contributed by atoms with Crippen LogP contribution in [0.1, 0.15) is 42.5 Å². The van der Waals surface area contributed by atoms with Crippen LogP contribution in [0.5, 0.6) is 5.75 Å². The van der Waals surface area contributed by atoms with Crippen molar-refractivity contribution in [2.75, 3.05) is 13.7 Å². The third kappa shape index (κ3) is 3.58. The molecule has 0 bridgehead atoms. The second-order valence-electron chi connectivity index (χ2n) is 5.15. The molecule has 1 aliphatic rings. The van der Waals surface area contributed by atoms with Crippen LogP contribution in [-0.2, 0) is 0 Å². The van der Waals surface area contributed by atoms with E-state index in [1.165, 1.54) is 39.2 Å². The fourth-order valence-corrected chi connectivity index (χ4v) is 3.13. The Morgan fingerprint density at radius 1 is 1.25 bits per heavy atom. The van der Waals surface area contributed by atoms with Crippen molar-refractivity contribution in [3.63, 3.8) is 0 Å². The summed E-state index contributed by atoms with van der Waals surface area (Å²) >= 11 is 12.1. The van der Waals surface area contributed by atoms with Crippen molar-refractivity contribution in [2.24, 2.45) is 5.92 Å². The summed E-state index contributed by atoms with van der Waals surface area (Å²) in [6.07, 6.45) is 6.17. The average molecular weight is 316 g/mol. The predicted octanol–water partition coefficient (Wildman–Crippen LogP) is 4.31. The second kappa shape index (κ2) is 7.19. The van der Waals surface area contributed by atoms with Crippen LogP contribution >= 0.6 is 23.2 Å². The summed E-state index contributed by atoms with van der Waals surface area (Å²) in [6.45, 7) is 0.685. The first-order valence-electron chi connectivity index (χ1n) is 6.93. The van der Waals surface area contributed by atoms with Gasteiger partial charge in [-0.05, 0) is 30.9 Å². The number of amides is 1. The molecule has 1 amide bonds. The Morgan fingerprint density at radius 3 is 2.55 bits per heavy atom. The zero-order chi connectivity index (χ0) is 14.5. The fourth-order valence-electron chi connectivity index (χ4n) is 2.66. The van der Waals surface area contributed by atoms with Gasteiger partial charge in [-0.1, -0.05) is 42.5 Å². The van der Waals surface area contributed by atoms with Crippen LogP contribution in [0, 0.1) is 5.92 Å². The van der Waals surface area contributed by atoms with E-state index in [4.69, 9.17) is 27.9 Å². The van der Waals surface area contributed by atoms with E-state index in [1.54, 1.807) is 12.1 Å². The molecule has 0 aliphatic heterocycles. The van der Waals surface area contributed by atoms with Gasteiger partial charge in [-0.2, -0.15) is 0 Å². The van der Waals surface area contributed by atoms with E-state index >= 15 is 0 Å². The number of methoxy groups -OCH3 is 1. The molecule has 1 aromatic rings. The molecule has 1 aliphatic carbocycles. The maximum Gasteiger partial charge on any atom is 0.256 e. The lowest BCUT2D eigenvalue weighted by Crippen LogP contribution is -2.30. The van der Waals surface area contributed by atoms with Crippen molar-refractivity contribution in [1.82, 2.24) is 5.32 Å². The van der Waals surface area contributed by atoms with Crippen LogP contribution in [0.3, 0.4) is 0 Å². The summed E-state index contributed by atoms with van der Waals surface area (Å²) in [6, 6.07) is 3.24. The minimum atomic E-state index is -0.222. The zero-order valence-corrected chi connectivity index (χ0v) is 13.1. The smallest absolute Gasteiger partial charge is 0.256 e. The first kappa shape index (κ1) is 15.5.